The molecule has 0 heterocycles. The quantitative estimate of drug-likeness (QED) is 0.306. The lowest BCUT2D eigenvalue weighted by Crippen LogP contribution is -1.97. The highest BCUT2D eigenvalue weighted by atomic mass is 19.1. The van der Waals surface area contributed by atoms with Gasteiger partial charge in [0.05, 0.1) is 5.56 Å². The molecule has 1 nitrogen and oxygen atoms in total. The smallest absolute Gasteiger partial charge is 0.141 e. The lowest BCUT2D eigenvalue weighted by molar-refractivity contribution is 0.616. The Labute approximate surface area is 193 Å². The number of fused-ring (bicyclic) bond motifs is 1. The number of hydrogen-bond acceptors (Lipinski definition) is 1. The lowest BCUT2D eigenvalue weighted by Gasteiger charge is -2.08. The van der Waals surface area contributed by atoms with Gasteiger partial charge in [-0.15, -0.1) is 0 Å². The average Bonchev–Trinajstić information content (AvgIpc) is 2.83. The number of hydrogen-bond donors (Lipinski definition) is 0. The van der Waals surface area contributed by atoms with Crippen molar-refractivity contribution in [2.24, 2.45) is 0 Å². The Morgan fingerprint density at radius 1 is 0.727 bits per heavy atom. The molecule has 4 aromatic carbocycles. The largest absolute Gasteiger partial charge is 0.206 e. The molecule has 0 spiro atoms. The third kappa shape index (κ3) is 5.28. The van der Waals surface area contributed by atoms with Crippen LogP contribution in [-0.4, -0.2) is 0 Å². The van der Waals surface area contributed by atoms with E-state index in [1.807, 2.05) is 36.4 Å². The first kappa shape index (κ1) is 22.3. The van der Waals surface area contributed by atoms with E-state index in [1.54, 1.807) is 18.2 Å². The summed E-state index contributed by atoms with van der Waals surface area (Å²) in [4.78, 5) is 0. The molecule has 0 saturated carbocycles. The van der Waals surface area contributed by atoms with Gasteiger partial charge >= 0.3 is 0 Å². The van der Waals surface area contributed by atoms with Gasteiger partial charge in [-0.05, 0) is 77.7 Å². The molecule has 3 heteroatoms. The topological polar surface area (TPSA) is 23.8 Å². The zero-order valence-electron chi connectivity index (χ0n) is 18.5. The van der Waals surface area contributed by atoms with E-state index in [4.69, 9.17) is 5.26 Å². The summed E-state index contributed by atoms with van der Waals surface area (Å²) < 4.78 is 28.9. The van der Waals surface area contributed by atoms with Gasteiger partial charge in [0, 0.05) is 16.5 Å². The summed E-state index contributed by atoms with van der Waals surface area (Å²) in [7, 11) is 0. The van der Waals surface area contributed by atoms with E-state index < -0.39 is 5.82 Å². The standard InChI is InChI=1S/C30H23F2N/c1-2-3-21-4-6-22(7-5-21)8-9-23-12-17-28-26(18-23)16-15-25(30(28)32)13-10-24-11-14-27(20-33)29(31)19-24/h4-7,11-12,14-19H,2-3,10,13H2,1H3. The van der Waals surface area contributed by atoms with E-state index in [1.165, 1.54) is 17.7 Å². The highest BCUT2D eigenvalue weighted by molar-refractivity contribution is 5.85. The number of benzene rings is 4. The van der Waals surface area contributed by atoms with Crippen molar-refractivity contribution in [2.75, 3.05) is 0 Å². The summed E-state index contributed by atoms with van der Waals surface area (Å²) >= 11 is 0. The van der Waals surface area contributed by atoms with Crippen molar-refractivity contribution in [3.05, 3.63) is 118 Å². The Morgan fingerprint density at radius 2 is 1.45 bits per heavy atom. The second-order valence-electron chi connectivity index (χ2n) is 8.10. The van der Waals surface area contributed by atoms with Crippen LogP contribution in [0.15, 0.2) is 72.8 Å². The summed E-state index contributed by atoms with van der Waals surface area (Å²) in [5, 5.41) is 10.2. The molecule has 0 N–H and O–H groups in total. The Kier molecular flexibility index (Phi) is 6.82. The lowest BCUT2D eigenvalue weighted by atomic mass is 9.98. The fraction of sp³-hybridized carbons (Fsp3) is 0.167. The molecular weight excluding hydrogens is 412 g/mol. The molecule has 33 heavy (non-hydrogen) atoms. The van der Waals surface area contributed by atoms with E-state index in [0.717, 1.165) is 34.9 Å². The maximum absolute atomic E-state index is 15.1. The predicted octanol–water partition coefficient (Wildman–Crippen LogP) is 7.13. The van der Waals surface area contributed by atoms with Crippen molar-refractivity contribution in [3.63, 3.8) is 0 Å². The molecule has 4 aromatic rings. The summed E-state index contributed by atoms with van der Waals surface area (Å²) in [5.41, 5.74) is 4.43. The van der Waals surface area contributed by atoms with Crippen LogP contribution in [0.2, 0.25) is 0 Å². The Morgan fingerprint density at radius 3 is 2.18 bits per heavy atom. The number of halogens is 2. The molecule has 0 saturated heterocycles. The van der Waals surface area contributed by atoms with Gasteiger partial charge in [-0.2, -0.15) is 5.26 Å². The van der Waals surface area contributed by atoms with Crippen molar-refractivity contribution < 1.29 is 8.78 Å². The molecule has 0 unspecified atom stereocenters. The third-order valence-electron chi connectivity index (χ3n) is 5.71. The van der Waals surface area contributed by atoms with Gasteiger partial charge in [0.15, 0.2) is 0 Å². The first-order chi connectivity index (χ1) is 16.1. The minimum atomic E-state index is -0.542. The molecule has 0 aliphatic heterocycles. The van der Waals surface area contributed by atoms with Crippen LogP contribution in [-0.2, 0) is 19.3 Å². The van der Waals surface area contributed by atoms with E-state index in [0.29, 0.717) is 23.8 Å². The van der Waals surface area contributed by atoms with Gasteiger partial charge in [0.2, 0.25) is 0 Å². The maximum Gasteiger partial charge on any atom is 0.141 e. The fourth-order valence-electron chi connectivity index (χ4n) is 3.88. The zero-order valence-corrected chi connectivity index (χ0v) is 18.5. The van der Waals surface area contributed by atoms with Crippen LogP contribution in [0.4, 0.5) is 8.78 Å². The fourth-order valence-corrected chi connectivity index (χ4v) is 3.88. The molecule has 0 aliphatic carbocycles. The van der Waals surface area contributed by atoms with Crippen LogP contribution in [0.5, 0.6) is 0 Å². The van der Waals surface area contributed by atoms with Crippen LogP contribution >= 0.6 is 0 Å². The number of rotatable bonds is 5. The molecule has 0 aromatic heterocycles. The van der Waals surface area contributed by atoms with Gasteiger partial charge in [-0.1, -0.05) is 61.6 Å². The second kappa shape index (κ2) is 10.1. The van der Waals surface area contributed by atoms with Crippen molar-refractivity contribution in [1.29, 1.82) is 5.26 Å². The molecule has 0 bridgehead atoms. The summed E-state index contributed by atoms with van der Waals surface area (Å²) in [6.07, 6.45) is 3.12. The second-order valence-corrected chi connectivity index (χ2v) is 8.10. The van der Waals surface area contributed by atoms with Crippen molar-refractivity contribution in [2.45, 2.75) is 32.6 Å². The summed E-state index contributed by atoms with van der Waals surface area (Å²) in [6, 6.07) is 23.8. The summed E-state index contributed by atoms with van der Waals surface area (Å²) in [5.74, 6) is 5.55. The van der Waals surface area contributed by atoms with E-state index in [-0.39, 0.29) is 11.4 Å². The van der Waals surface area contributed by atoms with Crippen molar-refractivity contribution in [1.82, 2.24) is 0 Å². The van der Waals surface area contributed by atoms with Crippen molar-refractivity contribution in [3.8, 4) is 17.9 Å². The van der Waals surface area contributed by atoms with Gasteiger partial charge < -0.3 is 0 Å². The maximum atomic E-state index is 15.1. The minimum absolute atomic E-state index is 0.0167. The number of aryl methyl sites for hydroxylation is 3. The van der Waals surface area contributed by atoms with Gasteiger partial charge in [-0.25, -0.2) is 8.78 Å². The van der Waals surface area contributed by atoms with Crippen LogP contribution in [0, 0.1) is 34.8 Å². The SMILES string of the molecule is CCCc1ccc(C#Cc2ccc3c(F)c(CCc4ccc(C#N)c(F)c4)ccc3c2)cc1. The third-order valence-corrected chi connectivity index (χ3v) is 5.71. The Balaban J connectivity index is 1.50. The Bertz CT molecular complexity index is 1400. The van der Waals surface area contributed by atoms with Crippen molar-refractivity contribution >= 4 is 10.8 Å². The highest BCUT2D eigenvalue weighted by Gasteiger charge is 2.09. The average molecular weight is 436 g/mol. The molecule has 0 radical (unpaired) electrons. The predicted molar refractivity (Wildman–Crippen MR) is 129 cm³/mol. The normalized spacial score (nSPS) is 10.5. The minimum Gasteiger partial charge on any atom is -0.206 e. The first-order valence-electron chi connectivity index (χ1n) is 11.1. The molecule has 0 amide bonds. The molecule has 0 aliphatic rings. The van der Waals surface area contributed by atoms with E-state index in [9.17, 15) is 4.39 Å². The van der Waals surface area contributed by atoms with Gasteiger partial charge in [0.1, 0.15) is 17.7 Å². The first-order valence-corrected chi connectivity index (χ1v) is 11.1. The van der Waals surface area contributed by atoms with Crippen LogP contribution < -0.4 is 0 Å². The monoisotopic (exact) mass is 435 g/mol. The van der Waals surface area contributed by atoms with Gasteiger partial charge in [0.25, 0.3) is 0 Å². The highest BCUT2D eigenvalue weighted by Crippen LogP contribution is 2.24. The number of nitriles is 1. The summed E-state index contributed by atoms with van der Waals surface area (Å²) in [6.45, 7) is 2.16. The van der Waals surface area contributed by atoms with E-state index in [2.05, 4.69) is 30.9 Å². The molecule has 0 atom stereocenters. The number of nitrogens with zero attached hydrogens (tertiary/aromatic N) is 1. The molecule has 0 fully saturated rings. The molecule has 4 rings (SSSR count). The molecular formula is C30H23F2N. The van der Waals surface area contributed by atoms with Crippen LogP contribution in [0.1, 0.15) is 46.7 Å². The van der Waals surface area contributed by atoms with E-state index >= 15 is 4.39 Å². The Hall–Kier alpha value is -3.95. The van der Waals surface area contributed by atoms with Crippen LogP contribution in [0.25, 0.3) is 10.8 Å². The van der Waals surface area contributed by atoms with Gasteiger partial charge in [-0.3, -0.25) is 0 Å². The van der Waals surface area contributed by atoms with Crippen LogP contribution in [0.3, 0.4) is 0 Å². The molecule has 162 valence electrons. The zero-order chi connectivity index (χ0) is 23.2.